The van der Waals surface area contributed by atoms with Gasteiger partial charge < -0.3 is 5.32 Å². The number of alkyl halides is 3. The SMILES string of the molecule is CC(C)NC(=O)c1scnc1C(F)(F)F. The van der Waals surface area contributed by atoms with Gasteiger partial charge in [0.25, 0.3) is 5.91 Å². The summed E-state index contributed by atoms with van der Waals surface area (Å²) in [5.74, 6) is -0.736. The molecular formula is C8H9F3N2OS. The predicted octanol–water partition coefficient (Wildman–Crippen LogP) is 2.30. The Labute approximate surface area is 88.3 Å². The second-order valence-corrected chi connectivity index (χ2v) is 4.01. The van der Waals surface area contributed by atoms with E-state index in [0.717, 1.165) is 5.51 Å². The van der Waals surface area contributed by atoms with Gasteiger partial charge in [-0.1, -0.05) is 0 Å². The lowest BCUT2D eigenvalue weighted by atomic mass is 10.3. The van der Waals surface area contributed by atoms with Crippen molar-refractivity contribution in [1.82, 2.24) is 10.3 Å². The Morgan fingerprint density at radius 1 is 1.53 bits per heavy atom. The molecule has 1 aromatic heterocycles. The Morgan fingerprint density at radius 2 is 2.13 bits per heavy atom. The Kier molecular flexibility index (Phi) is 3.33. The normalized spacial score (nSPS) is 11.9. The van der Waals surface area contributed by atoms with Gasteiger partial charge in [-0.25, -0.2) is 4.98 Å². The zero-order chi connectivity index (χ0) is 11.6. The van der Waals surface area contributed by atoms with Gasteiger partial charge in [-0.3, -0.25) is 4.79 Å². The summed E-state index contributed by atoms with van der Waals surface area (Å²) in [6.45, 7) is 3.35. The van der Waals surface area contributed by atoms with Gasteiger partial charge in [0.15, 0.2) is 5.69 Å². The molecule has 7 heteroatoms. The van der Waals surface area contributed by atoms with E-state index in [4.69, 9.17) is 0 Å². The quantitative estimate of drug-likeness (QED) is 0.859. The molecule has 0 aliphatic carbocycles. The first-order valence-electron chi connectivity index (χ1n) is 4.14. The third kappa shape index (κ3) is 2.92. The van der Waals surface area contributed by atoms with Crippen molar-refractivity contribution >= 4 is 17.2 Å². The van der Waals surface area contributed by atoms with Crippen molar-refractivity contribution in [3.05, 3.63) is 16.1 Å². The molecule has 0 bridgehead atoms. The molecule has 1 amide bonds. The fourth-order valence-corrected chi connectivity index (χ4v) is 1.65. The largest absolute Gasteiger partial charge is 0.434 e. The first-order valence-corrected chi connectivity index (χ1v) is 5.02. The monoisotopic (exact) mass is 238 g/mol. The molecule has 1 aromatic rings. The first-order chi connectivity index (χ1) is 6.82. The number of hydrogen-bond acceptors (Lipinski definition) is 3. The molecule has 84 valence electrons. The maximum Gasteiger partial charge on any atom is 0.434 e. The van der Waals surface area contributed by atoms with Crippen LogP contribution in [0.3, 0.4) is 0 Å². The summed E-state index contributed by atoms with van der Waals surface area (Å²) in [7, 11) is 0. The maximum absolute atomic E-state index is 12.3. The van der Waals surface area contributed by atoms with Crippen LogP contribution < -0.4 is 5.32 Å². The second kappa shape index (κ2) is 4.18. The number of nitrogens with one attached hydrogen (secondary N) is 1. The van der Waals surface area contributed by atoms with Gasteiger partial charge in [0.05, 0.1) is 5.51 Å². The smallest absolute Gasteiger partial charge is 0.349 e. The number of carbonyl (C=O) groups is 1. The summed E-state index contributed by atoms with van der Waals surface area (Å²) in [4.78, 5) is 14.1. The van der Waals surface area contributed by atoms with E-state index >= 15 is 0 Å². The van der Waals surface area contributed by atoms with E-state index in [2.05, 4.69) is 10.3 Å². The van der Waals surface area contributed by atoms with E-state index in [9.17, 15) is 18.0 Å². The number of rotatable bonds is 2. The molecular weight excluding hydrogens is 229 g/mol. The second-order valence-electron chi connectivity index (χ2n) is 3.16. The van der Waals surface area contributed by atoms with Crippen molar-refractivity contribution in [2.45, 2.75) is 26.1 Å². The van der Waals surface area contributed by atoms with Gasteiger partial charge in [-0.2, -0.15) is 13.2 Å². The summed E-state index contributed by atoms with van der Waals surface area (Å²) < 4.78 is 37.0. The number of carbonyl (C=O) groups excluding carboxylic acids is 1. The van der Waals surface area contributed by atoms with E-state index in [-0.39, 0.29) is 6.04 Å². The molecule has 0 unspecified atom stereocenters. The van der Waals surface area contributed by atoms with Crippen molar-refractivity contribution in [3.63, 3.8) is 0 Å². The molecule has 1 rings (SSSR count). The van der Waals surface area contributed by atoms with Gasteiger partial charge in [-0.05, 0) is 13.8 Å². The van der Waals surface area contributed by atoms with Crippen LogP contribution in [0.2, 0.25) is 0 Å². The van der Waals surface area contributed by atoms with Crippen LogP contribution in [0.1, 0.15) is 29.2 Å². The fraction of sp³-hybridized carbons (Fsp3) is 0.500. The lowest BCUT2D eigenvalue weighted by Gasteiger charge is -2.09. The first kappa shape index (κ1) is 12.0. The lowest BCUT2D eigenvalue weighted by Crippen LogP contribution is -2.31. The third-order valence-corrected chi connectivity index (χ3v) is 2.29. The van der Waals surface area contributed by atoms with E-state index in [1.165, 1.54) is 0 Å². The molecule has 0 aliphatic rings. The van der Waals surface area contributed by atoms with Crippen LogP contribution in [-0.4, -0.2) is 16.9 Å². The lowest BCUT2D eigenvalue weighted by molar-refractivity contribution is -0.141. The molecule has 0 atom stereocenters. The van der Waals surface area contributed by atoms with E-state index < -0.39 is 22.7 Å². The van der Waals surface area contributed by atoms with Gasteiger partial charge in [-0.15, -0.1) is 11.3 Å². The summed E-state index contributed by atoms with van der Waals surface area (Å²) in [6, 6.07) is -0.208. The Bertz CT molecular complexity index is 359. The summed E-state index contributed by atoms with van der Waals surface area (Å²) in [5.41, 5.74) is -0.108. The molecule has 0 radical (unpaired) electrons. The highest BCUT2D eigenvalue weighted by molar-refractivity contribution is 7.11. The molecule has 3 nitrogen and oxygen atoms in total. The van der Waals surface area contributed by atoms with E-state index in [1.54, 1.807) is 13.8 Å². The van der Waals surface area contributed by atoms with Gasteiger partial charge in [0, 0.05) is 6.04 Å². The number of halogens is 3. The van der Waals surface area contributed by atoms with Gasteiger partial charge in [0.2, 0.25) is 0 Å². The molecule has 1 N–H and O–H groups in total. The van der Waals surface area contributed by atoms with Crippen LogP contribution in [-0.2, 0) is 6.18 Å². The number of nitrogens with zero attached hydrogens (tertiary/aromatic N) is 1. The predicted molar refractivity (Wildman–Crippen MR) is 49.7 cm³/mol. The molecule has 1 heterocycles. The van der Waals surface area contributed by atoms with E-state index in [0.29, 0.717) is 11.3 Å². The van der Waals surface area contributed by atoms with Crippen molar-refractivity contribution in [2.24, 2.45) is 0 Å². The van der Waals surface area contributed by atoms with Crippen LogP contribution in [0.4, 0.5) is 13.2 Å². The molecule has 0 saturated carbocycles. The molecule has 0 aliphatic heterocycles. The number of aromatic nitrogens is 1. The zero-order valence-electron chi connectivity index (χ0n) is 8.05. The summed E-state index contributed by atoms with van der Waals surface area (Å²) in [5, 5.41) is 2.39. The minimum atomic E-state index is -4.58. The highest BCUT2D eigenvalue weighted by Gasteiger charge is 2.38. The van der Waals surface area contributed by atoms with Crippen LogP contribution in [0.15, 0.2) is 5.51 Å². The van der Waals surface area contributed by atoms with Crippen LogP contribution in [0.5, 0.6) is 0 Å². The topological polar surface area (TPSA) is 42.0 Å². The maximum atomic E-state index is 12.3. The average molecular weight is 238 g/mol. The van der Waals surface area contributed by atoms with E-state index in [1.807, 2.05) is 0 Å². The van der Waals surface area contributed by atoms with Crippen LogP contribution >= 0.6 is 11.3 Å². The standard InChI is InChI=1S/C8H9F3N2OS/c1-4(2)13-7(14)5-6(8(9,10)11)12-3-15-5/h3-4H,1-2H3,(H,13,14). The zero-order valence-corrected chi connectivity index (χ0v) is 8.87. The van der Waals surface area contributed by atoms with Gasteiger partial charge in [0.1, 0.15) is 4.88 Å². The van der Waals surface area contributed by atoms with Gasteiger partial charge >= 0.3 is 6.18 Å². The number of amides is 1. The van der Waals surface area contributed by atoms with Crippen molar-refractivity contribution in [3.8, 4) is 0 Å². The van der Waals surface area contributed by atoms with Crippen molar-refractivity contribution in [2.75, 3.05) is 0 Å². The molecule has 0 fully saturated rings. The molecule has 0 saturated heterocycles. The Balaban J connectivity index is 2.96. The molecule has 0 aromatic carbocycles. The Hall–Kier alpha value is -1.11. The number of hydrogen-bond donors (Lipinski definition) is 1. The summed E-state index contributed by atoms with van der Waals surface area (Å²) >= 11 is 0.683. The van der Waals surface area contributed by atoms with Crippen LogP contribution in [0.25, 0.3) is 0 Å². The fourth-order valence-electron chi connectivity index (χ4n) is 0.937. The summed E-state index contributed by atoms with van der Waals surface area (Å²) in [6.07, 6.45) is -4.58. The molecule has 15 heavy (non-hydrogen) atoms. The third-order valence-electron chi connectivity index (χ3n) is 1.46. The minimum Gasteiger partial charge on any atom is -0.349 e. The minimum absolute atomic E-state index is 0.208. The van der Waals surface area contributed by atoms with Crippen molar-refractivity contribution in [1.29, 1.82) is 0 Å². The average Bonchev–Trinajstić information content (AvgIpc) is 2.48. The van der Waals surface area contributed by atoms with Crippen molar-refractivity contribution < 1.29 is 18.0 Å². The highest BCUT2D eigenvalue weighted by Crippen LogP contribution is 2.32. The van der Waals surface area contributed by atoms with Crippen LogP contribution in [0, 0.1) is 0 Å². The highest BCUT2D eigenvalue weighted by atomic mass is 32.1. The number of thiazole rings is 1. The molecule has 0 spiro atoms. The Morgan fingerprint density at radius 3 is 2.60 bits per heavy atom.